The molecule has 0 aromatic heterocycles. The Hall–Kier alpha value is -2.75. The fraction of sp³-hybridized carbons (Fsp3) is 0.808. The fourth-order valence-electron chi connectivity index (χ4n) is 12.1. The van der Waals surface area contributed by atoms with E-state index in [9.17, 15) is 111 Å². The summed E-state index contributed by atoms with van der Waals surface area (Å²) in [5, 5.41) is 225. The molecule has 0 radical (unpaired) electrons. The molecule has 2 aromatic carbocycles. The fourth-order valence-corrected chi connectivity index (χ4v) is 13.4. The predicted molar refractivity (Wildman–Crippen MR) is 278 cm³/mol. The number of benzene rings is 2. The van der Waals surface area contributed by atoms with Crippen molar-refractivity contribution < 1.29 is 181 Å². The monoisotopic (exact) mass is 1320 g/mol. The minimum Gasteiger partial charge on any atom is -0.394 e. The Morgan fingerprint density at radius 3 is 0.800 bits per heavy atom. The normalized spacial score (nSPS) is 49.3. The maximum Gasteiger partial charge on any atom is 0.298 e. The lowest BCUT2D eigenvalue weighted by atomic mass is 9.95. The standard InChI is InChI=1S/C52H76O37S/c53-8-17-38-25(60)31(66)47(75-17)83-40-19(10-55)77-49(33(68)27(40)62)85-42-21(12-57)79-51(35(70)29(42)64)87-44-23(14-59)81-52(45(37(44)72)89-90(73,74)24-7-3-5-15-4-1-2-6-16(15)24)88-43-22(13-58)80-50(36(71)30(43)65)86-41-20(11-56)78-48(34(69)28(41)63)84-39-18(9-54)76-46(82-38)32(67)26(39)61/h1-7,17-23,25-72H,8-14H2/t17-,18-,19-,20-,21-,22-,23-,25-,26-,27-,28-,29-,30-,31-,32-,33-,34-,35-,36-,37-,38-,39-,40-,41-,42-,43-,44-,45+,46-,47-,48-,49-,50-,51-,52-/m1/s1. The molecule has 0 unspecified atom stereocenters. The highest BCUT2D eigenvalue weighted by molar-refractivity contribution is 7.87. The largest absolute Gasteiger partial charge is 0.394 e. The van der Waals surface area contributed by atoms with Gasteiger partial charge in [-0.1, -0.05) is 36.4 Å². The summed E-state index contributed by atoms with van der Waals surface area (Å²) in [6.45, 7) is -7.78. The molecule has 17 rings (SSSR count). The van der Waals surface area contributed by atoms with Crippen molar-refractivity contribution in [3.05, 3.63) is 42.5 Å². The van der Waals surface area contributed by atoms with E-state index in [1.165, 1.54) is 18.2 Å². The van der Waals surface area contributed by atoms with Crippen LogP contribution in [0.2, 0.25) is 0 Å². The Morgan fingerprint density at radius 2 is 0.522 bits per heavy atom. The summed E-state index contributed by atoms with van der Waals surface area (Å²) in [4.78, 5) is -0.483. The summed E-state index contributed by atoms with van der Waals surface area (Å²) in [5.74, 6) is 0. The van der Waals surface area contributed by atoms with Gasteiger partial charge in [0, 0.05) is 5.39 Å². The molecule has 14 bridgehead atoms. The average Bonchev–Trinajstić information content (AvgIpc) is 0.784. The van der Waals surface area contributed by atoms with Gasteiger partial charge >= 0.3 is 0 Å². The summed E-state index contributed by atoms with van der Waals surface area (Å²) in [5.41, 5.74) is 0. The molecule has 0 saturated carbocycles. The minimum atomic E-state index is -5.13. The lowest BCUT2D eigenvalue weighted by Crippen LogP contribution is -2.68. The Kier molecular flexibility index (Phi) is 22.8. The van der Waals surface area contributed by atoms with Crippen molar-refractivity contribution in [2.45, 2.75) is 220 Å². The van der Waals surface area contributed by atoms with Crippen LogP contribution in [0.3, 0.4) is 0 Å². The molecule has 0 amide bonds. The van der Waals surface area contributed by atoms with Gasteiger partial charge in [-0.3, -0.25) is 4.18 Å². The molecule has 15 aliphatic rings. The smallest absolute Gasteiger partial charge is 0.298 e. The zero-order chi connectivity index (χ0) is 64.9. The van der Waals surface area contributed by atoms with Crippen molar-refractivity contribution >= 4 is 20.9 Å². The van der Waals surface area contributed by atoms with Gasteiger partial charge in [-0.05, 0) is 11.5 Å². The summed E-state index contributed by atoms with van der Waals surface area (Å²) < 4.78 is 116. The van der Waals surface area contributed by atoms with Crippen LogP contribution in [0.4, 0.5) is 0 Å². The van der Waals surface area contributed by atoms with E-state index in [4.69, 9.17) is 70.5 Å². The maximum atomic E-state index is 14.5. The molecular weight excluding hydrogens is 1250 g/mol. The second kappa shape index (κ2) is 29.3. The second-order valence-corrected chi connectivity index (χ2v) is 24.2. The third-order valence-corrected chi connectivity index (χ3v) is 18.4. The lowest BCUT2D eigenvalue weighted by Gasteiger charge is -2.50. The molecule has 37 nitrogen and oxygen atoms in total. The van der Waals surface area contributed by atoms with Gasteiger partial charge in [0.1, 0.15) is 170 Å². The SMILES string of the molecule is O=S(=O)(O[C@@H]1[C@H]2O[C@H]3[C@H](O)[C@@H](O)[C@@H](O[C@H]4[C@H](O)[C@@H](O)[C@@H](O[C@H]5[C@H](O)[C@@H](O)[C@@H](O[C@H]6[C@H](O)[C@@H](O)[C@@H](O[C@H]7[C@H](O)[C@@H](O)[C@@H](O[C@H]8[C@H](O)[C@@H](O)[C@@H](O[C@@H]([C@H]1O)[C@@H](CO)O2)O[C@@H]8CO)O[C@@H]7CO)O[C@@H]6CO)O[C@@H]5CO)O[C@@H]4CO)O[C@@H]3CO)c1cccc2ccccc12. The van der Waals surface area contributed by atoms with Gasteiger partial charge in [-0.2, -0.15) is 8.42 Å². The van der Waals surface area contributed by atoms with E-state index < -0.39 is 276 Å². The highest BCUT2D eigenvalue weighted by atomic mass is 32.2. The van der Waals surface area contributed by atoms with E-state index in [1.54, 1.807) is 18.2 Å². The zero-order valence-electron chi connectivity index (χ0n) is 47.0. The summed E-state index contributed by atoms with van der Waals surface area (Å²) in [6.07, 6.45) is -73.7. The third kappa shape index (κ3) is 13.6. The molecule has 20 N–H and O–H groups in total. The molecule has 512 valence electrons. The number of hydrogen-bond donors (Lipinski definition) is 20. The first kappa shape index (κ1) is 70.1. The number of ether oxygens (including phenoxy) is 14. The van der Waals surface area contributed by atoms with Crippen LogP contribution in [0.25, 0.3) is 10.8 Å². The van der Waals surface area contributed by atoms with E-state index in [-0.39, 0.29) is 5.39 Å². The van der Waals surface area contributed by atoms with Crippen LogP contribution in [0.5, 0.6) is 0 Å². The van der Waals surface area contributed by atoms with Gasteiger partial charge in [0.15, 0.2) is 50.1 Å². The average molecular weight is 1330 g/mol. The topological polar surface area (TPSA) is 577 Å². The van der Waals surface area contributed by atoms with Crippen LogP contribution in [-0.2, 0) is 80.6 Å². The number of aliphatic hydroxyl groups excluding tert-OH is 20. The number of fused-ring (bicyclic) bond motifs is 8. The Bertz CT molecular complexity index is 2730. The van der Waals surface area contributed by atoms with E-state index in [0.717, 1.165) is 6.07 Å². The molecule has 15 heterocycles. The van der Waals surface area contributed by atoms with Gasteiger partial charge in [0.2, 0.25) is 0 Å². The van der Waals surface area contributed by atoms with Crippen molar-refractivity contribution in [2.75, 3.05) is 46.2 Å². The third-order valence-electron chi connectivity index (χ3n) is 17.0. The first-order valence-corrected chi connectivity index (χ1v) is 30.0. The van der Waals surface area contributed by atoms with Crippen LogP contribution in [0, 0.1) is 0 Å². The highest BCUT2D eigenvalue weighted by Gasteiger charge is 2.60. The second-order valence-electron chi connectivity index (χ2n) is 22.7. The lowest BCUT2D eigenvalue weighted by molar-refractivity contribution is -0.396. The van der Waals surface area contributed by atoms with E-state index in [1.807, 2.05) is 0 Å². The van der Waals surface area contributed by atoms with Gasteiger partial charge in [-0.15, -0.1) is 0 Å². The molecule has 0 aliphatic carbocycles. The van der Waals surface area contributed by atoms with Gasteiger partial charge in [-0.25, -0.2) is 0 Å². The molecule has 38 heteroatoms. The van der Waals surface area contributed by atoms with Crippen molar-refractivity contribution in [1.82, 2.24) is 0 Å². The molecule has 0 spiro atoms. The van der Waals surface area contributed by atoms with Crippen molar-refractivity contribution in [3.8, 4) is 0 Å². The van der Waals surface area contributed by atoms with Crippen LogP contribution in [0.1, 0.15) is 0 Å². The first-order chi connectivity index (χ1) is 42.9. The minimum absolute atomic E-state index is 0.106. The van der Waals surface area contributed by atoms with E-state index in [0.29, 0.717) is 5.39 Å². The van der Waals surface area contributed by atoms with Crippen LogP contribution in [0.15, 0.2) is 47.4 Å². The first-order valence-electron chi connectivity index (χ1n) is 28.6. The summed E-state index contributed by atoms with van der Waals surface area (Å²) >= 11 is 0. The van der Waals surface area contributed by atoms with Crippen molar-refractivity contribution in [3.63, 3.8) is 0 Å². The summed E-state index contributed by atoms with van der Waals surface area (Å²) in [6, 6.07) is 10.2. The predicted octanol–water partition coefficient (Wildman–Crippen LogP) is -12.7. The van der Waals surface area contributed by atoms with E-state index >= 15 is 0 Å². The number of aliphatic hydroxyl groups is 20. The van der Waals surface area contributed by atoms with Crippen LogP contribution in [-0.4, -0.2) is 372 Å². The Labute approximate surface area is 509 Å². The van der Waals surface area contributed by atoms with Crippen LogP contribution < -0.4 is 0 Å². The summed E-state index contributed by atoms with van der Waals surface area (Å²) in [7, 11) is -5.13. The molecule has 2 aromatic rings. The maximum absolute atomic E-state index is 14.5. The quantitative estimate of drug-likeness (QED) is 0.0982. The van der Waals surface area contributed by atoms with Crippen LogP contribution >= 0.6 is 0 Å². The number of hydrogen-bond acceptors (Lipinski definition) is 37. The zero-order valence-corrected chi connectivity index (χ0v) is 47.8. The molecule has 90 heavy (non-hydrogen) atoms. The van der Waals surface area contributed by atoms with Gasteiger partial charge < -0.3 is 168 Å². The highest BCUT2D eigenvalue weighted by Crippen LogP contribution is 2.40. The van der Waals surface area contributed by atoms with E-state index in [2.05, 4.69) is 0 Å². The molecule has 15 fully saturated rings. The Morgan fingerprint density at radius 1 is 0.289 bits per heavy atom. The van der Waals surface area contributed by atoms with Gasteiger partial charge in [0.05, 0.1) is 46.2 Å². The molecular formula is C52H76O37S. The van der Waals surface area contributed by atoms with Crippen molar-refractivity contribution in [2.24, 2.45) is 0 Å². The number of rotatable bonds is 10. The Balaban J connectivity index is 0.980. The van der Waals surface area contributed by atoms with Gasteiger partial charge in [0.25, 0.3) is 10.1 Å². The molecule has 15 aliphatic heterocycles. The molecule has 35 atom stereocenters. The van der Waals surface area contributed by atoms with Crippen molar-refractivity contribution in [1.29, 1.82) is 0 Å². The molecule has 15 saturated heterocycles.